The topological polar surface area (TPSA) is 61.4 Å². The third-order valence-corrected chi connectivity index (χ3v) is 4.73. The molecule has 130 valence electrons. The number of hydrogen-bond donors (Lipinski definition) is 0. The third kappa shape index (κ3) is 3.20. The predicted molar refractivity (Wildman–Crippen MR) is 96.9 cm³/mol. The molecular formula is C19H18ClNO4. The minimum Gasteiger partial charge on any atom is -0.484 e. The maximum Gasteiger partial charge on any atom is 0.336 e. The van der Waals surface area contributed by atoms with E-state index in [1.807, 2.05) is 31.5 Å². The summed E-state index contributed by atoms with van der Waals surface area (Å²) in [4.78, 5) is 24.0. The number of halogens is 1. The first kappa shape index (κ1) is 17.3. The van der Waals surface area contributed by atoms with E-state index in [1.165, 1.54) is 6.07 Å². The fourth-order valence-electron chi connectivity index (χ4n) is 2.79. The van der Waals surface area contributed by atoms with E-state index in [1.54, 1.807) is 19.1 Å². The van der Waals surface area contributed by atoms with Gasteiger partial charge in [-0.15, -0.1) is 0 Å². The number of ether oxygens (including phenoxy) is 1. The first-order chi connectivity index (χ1) is 11.8. The second kappa shape index (κ2) is 6.41. The van der Waals surface area contributed by atoms with Gasteiger partial charge in [-0.2, -0.15) is 0 Å². The van der Waals surface area contributed by atoms with Crippen LogP contribution in [0.15, 0.2) is 33.5 Å². The summed E-state index contributed by atoms with van der Waals surface area (Å²) in [6, 6.07) is 6.46. The van der Waals surface area contributed by atoms with Gasteiger partial charge in [-0.1, -0.05) is 11.6 Å². The standard InChI is InChI=1S/C19H18ClNO4/c1-10-5-19(23)25-17-8-18(15(20)7-13(10)17)24-9-16(22)14-6-11(2)21(4)12(14)3/h5-8H,9H2,1-4H3. The Morgan fingerprint density at radius 2 is 1.92 bits per heavy atom. The van der Waals surface area contributed by atoms with Gasteiger partial charge in [0.05, 0.1) is 5.02 Å². The van der Waals surface area contributed by atoms with Crippen LogP contribution in [0.2, 0.25) is 5.02 Å². The molecule has 25 heavy (non-hydrogen) atoms. The van der Waals surface area contributed by atoms with Gasteiger partial charge in [0.2, 0.25) is 5.78 Å². The van der Waals surface area contributed by atoms with Crippen LogP contribution in [0.5, 0.6) is 5.75 Å². The minimum absolute atomic E-state index is 0.136. The van der Waals surface area contributed by atoms with E-state index >= 15 is 0 Å². The minimum atomic E-state index is -0.440. The molecular weight excluding hydrogens is 342 g/mol. The number of aryl methyl sites for hydroxylation is 2. The molecule has 0 N–H and O–H groups in total. The molecule has 0 bridgehead atoms. The molecule has 2 heterocycles. The van der Waals surface area contributed by atoms with Crippen molar-refractivity contribution in [2.75, 3.05) is 6.61 Å². The molecule has 0 aliphatic carbocycles. The van der Waals surface area contributed by atoms with Gasteiger partial charge in [-0.3, -0.25) is 4.79 Å². The van der Waals surface area contributed by atoms with Crippen LogP contribution in [-0.2, 0) is 7.05 Å². The molecule has 1 aromatic carbocycles. The van der Waals surface area contributed by atoms with E-state index in [4.69, 9.17) is 20.8 Å². The highest BCUT2D eigenvalue weighted by atomic mass is 35.5. The van der Waals surface area contributed by atoms with Crippen molar-refractivity contribution < 1.29 is 13.9 Å². The number of ketones is 1. The number of nitrogens with zero attached hydrogens (tertiary/aromatic N) is 1. The SMILES string of the molecule is Cc1cc(=O)oc2cc(OCC(=O)c3cc(C)n(C)c3C)c(Cl)cc12. The Labute approximate surface area is 149 Å². The molecule has 2 aromatic heterocycles. The molecule has 0 radical (unpaired) electrons. The Morgan fingerprint density at radius 3 is 2.56 bits per heavy atom. The van der Waals surface area contributed by atoms with Gasteiger partial charge in [0.25, 0.3) is 0 Å². The molecule has 5 nitrogen and oxygen atoms in total. The zero-order valence-corrected chi connectivity index (χ0v) is 15.2. The summed E-state index contributed by atoms with van der Waals surface area (Å²) in [7, 11) is 1.91. The van der Waals surface area contributed by atoms with Crippen LogP contribution in [0.4, 0.5) is 0 Å². The van der Waals surface area contributed by atoms with Gasteiger partial charge in [0.1, 0.15) is 11.3 Å². The van der Waals surface area contributed by atoms with Crippen molar-refractivity contribution in [2.24, 2.45) is 7.05 Å². The first-order valence-corrected chi connectivity index (χ1v) is 8.18. The van der Waals surface area contributed by atoms with Crippen LogP contribution in [0, 0.1) is 20.8 Å². The molecule has 0 fully saturated rings. The number of carbonyl (C=O) groups is 1. The Kier molecular flexibility index (Phi) is 4.43. The molecule has 0 aliphatic rings. The molecule has 6 heteroatoms. The monoisotopic (exact) mass is 359 g/mol. The van der Waals surface area contributed by atoms with Gasteiger partial charge >= 0.3 is 5.63 Å². The zero-order valence-electron chi connectivity index (χ0n) is 14.5. The number of Topliss-reactive ketones (excluding diaryl/α,β-unsaturated/α-hetero) is 1. The fraction of sp³-hybridized carbons (Fsp3) is 0.263. The van der Waals surface area contributed by atoms with Crippen molar-refractivity contribution in [1.82, 2.24) is 4.57 Å². The van der Waals surface area contributed by atoms with E-state index in [0.29, 0.717) is 21.9 Å². The Morgan fingerprint density at radius 1 is 1.20 bits per heavy atom. The summed E-state index contributed by atoms with van der Waals surface area (Å²) in [5.41, 5.74) is 3.22. The van der Waals surface area contributed by atoms with Crippen LogP contribution in [0.25, 0.3) is 11.0 Å². The highest BCUT2D eigenvalue weighted by Crippen LogP contribution is 2.31. The molecule has 0 unspecified atom stereocenters. The van der Waals surface area contributed by atoms with Crippen LogP contribution < -0.4 is 10.4 Å². The van der Waals surface area contributed by atoms with Crippen molar-refractivity contribution in [3.63, 3.8) is 0 Å². The smallest absolute Gasteiger partial charge is 0.336 e. The Bertz CT molecular complexity index is 1050. The summed E-state index contributed by atoms with van der Waals surface area (Å²) in [5, 5.41) is 1.09. The van der Waals surface area contributed by atoms with Gasteiger partial charge in [-0.25, -0.2) is 4.79 Å². The molecule has 0 saturated carbocycles. The first-order valence-electron chi connectivity index (χ1n) is 7.81. The van der Waals surface area contributed by atoms with Crippen molar-refractivity contribution in [3.05, 3.63) is 62.2 Å². The summed E-state index contributed by atoms with van der Waals surface area (Å²) in [6.45, 7) is 5.49. The number of benzene rings is 1. The Balaban J connectivity index is 1.88. The second-order valence-corrected chi connectivity index (χ2v) is 6.49. The van der Waals surface area contributed by atoms with E-state index in [2.05, 4.69) is 0 Å². The number of rotatable bonds is 4. The van der Waals surface area contributed by atoms with Crippen LogP contribution >= 0.6 is 11.6 Å². The third-order valence-electron chi connectivity index (χ3n) is 4.44. The van der Waals surface area contributed by atoms with Gasteiger partial charge in [-0.05, 0) is 38.5 Å². The van der Waals surface area contributed by atoms with Crippen LogP contribution in [-0.4, -0.2) is 17.0 Å². The molecule has 0 aliphatic heterocycles. The van der Waals surface area contributed by atoms with Crippen molar-refractivity contribution in [2.45, 2.75) is 20.8 Å². The average molecular weight is 360 g/mol. The Hall–Kier alpha value is -2.53. The summed E-state index contributed by atoms with van der Waals surface area (Å²) >= 11 is 6.24. The van der Waals surface area contributed by atoms with Crippen LogP contribution in [0.1, 0.15) is 27.3 Å². The maximum atomic E-state index is 12.4. The number of aromatic nitrogens is 1. The molecule has 0 saturated heterocycles. The normalized spacial score (nSPS) is 11.1. The molecule has 0 spiro atoms. The largest absolute Gasteiger partial charge is 0.484 e. The van der Waals surface area contributed by atoms with Crippen molar-refractivity contribution in [3.8, 4) is 5.75 Å². The van der Waals surface area contributed by atoms with Gasteiger partial charge in [0, 0.05) is 41.5 Å². The van der Waals surface area contributed by atoms with E-state index < -0.39 is 5.63 Å². The molecule has 3 rings (SSSR count). The molecule has 3 aromatic rings. The fourth-order valence-corrected chi connectivity index (χ4v) is 3.01. The molecule has 0 amide bonds. The highest BCUT2D eigenvalue weighted by Gasteiger charge is 2.16. The number of fused-ring (bicyclic) bond motifs is 1. The van der Waals surface area contributed by atoms with Crippen molar-refractivity contribution >= 4 is 28.4 Å². The van der Waals surface area contributed by atoms with E-state index in [0.717, 1.165) is 22.3 Å². The maximum absolute atomic E-state index is 12.4. The van der Waals surface area contributed by atoms with E-state index in [9.17, 15) is 9.59 Å². The lowest BCUT2D eigenvalue weighted by Gasteiger charge is -2.09. The number of carbonyl (C=O) groups excluding carboxylic acids is 1. The zero-order chi connectivity index (χ0) is 18.3. The highest BCUT2D eigenvalue weighted by molar-refractivity contribution is 6.32. The average Bonchev–Trinajstić information content (AvgIpc) is 2.81. The molecule has 0 atom stereocenters. The van der Waals surface area contributed by atoms with Crippen LogP contribution in [0.3, 0.4) is 0 Å². The lowest BCUT2D eigenvalue weighted by atomic mass is 10.1. The van der Waals surface area contributed by atoms with Crippen molar-refractivity contribution in [1.29, 1.82) is 0 Å². The van der Waals surface area contributed by atoms with Gasteiger partial charge in [0.15, 0.2) is 6.61 Å². The number of hydrogen-bond acceptors (Lipinski definition) is 4. The second-order valence-electron chi connectivity index (χ2n) is 6.08. The van der Waals surface area contributed by atoms with E-state index in [-0.39, 0.29) is 12.4 Å². The summed E-state index contributed by atoms with van der Waals surface area (Å²) in [6.07, 6.45) is 0. The lowest BCUT2D eigenvalue weighted by Crippen LogP contribution is -2.13. The lowest BCUT2D eigenvalue weighted by molar-refractivity contribution is 0.0921. The van der Waals surface area contributed by atoms with Gasteiger partial charge < -0.3 is 13.7 Å². The summed E-state index contributed by atoms with van der Waals surface area (Å²) in [5.74, 6) is 0.171. The summed E-state index contributed by atoms with van der Waals surface area (Å²) < 4.78 is 12.7. The predicted octanol–water partition coefficient (Wildman–Crippen LogP) is 3.97. The quantitative estimate of drug-likeness (QED) is 0.522.